The first-order chi connectivity index (χ1) is 7.90. The van der Waals surface area contributed by atoms with E-state index in [9.17, 15) is 9.59 Å². The highest BCUT2D eigenvalue weighted by atomic mass is 35.5. The fourth-order valence-electron chi connectivity index (χ4n) is 1.48. The van der Waals surface area contributed by atoms with E-state index in [1.807, 2.05) is 13.0 Å². The molecular formula is C12H14ClNO3. The van der Waals surface area contributed by atoms with Crippen LogP contribution >= 0.6 is 11.6 Å². The molecule has 0 bridgehead atoms. The second kappa shape index (κ2) is 5.68. The Kier molecular flexibility index (Phi) is 4.52. The van der Waals surface area contributed by atoms with Crippen molar-refractivity contribution in [2.75, 3.05) is 0 Å². The van der Waals surface area contributed by atoms with Gasteiger partial charge in [-0.2, -0.15) is 0 Å². The predicted octanol–water partition coefficient (Wildman–Crippen LogP) is 1.78. The molecule has 2 N–H and O–H groups in total. The number of hydrogen-bond acceptors (Lipinski definition) is 2. The van der Waals surface area contributed by atoms with Crippen molar-refractivity contribution >= 4 is 23.5 Å². The zero-order valence-corrected chi connectivity index (χ0v) is 10.4. The van der Waals surface area contributed by atoms with Crippen molar-refractivity contribution in [3.05, 3.63) is 34.3 Å². The highest BCUT2D eigenvalue weighted by molar-refractivity contribution is 6.31. The van der Waals surface area contributed by atoms with E-state index in [-0.39, 0.29) is 12.3 Å². The van der Waals surface area contributed by atoms with E-state index < -0.39 is 12.0 Å². The molecule has 0 aliphatic rings. The van der Waals surface area contributed by atoms with Crippen LogP contribution in [0.1, 0.15) is 18.1 Å². The van der Waals surface area contributed by atoms with Gasteiger partial charge in [0.05, 0.1) is 0 Å². The average Bonchev–Trinajstić information content (AvgIpc) is 2.19. The molecule has 0 aliphatic heterocycles. The Balaban J connectivity index is 2.86. The Morgan fingerprint density at radius 2 is 2.12 bits per heavy atom. The number of carboxylic acids is 1. The van der Waals surface area contributed by atoms with Crippen molar-refractivity contribution in [2.24, 2.45) is 0 Å². The molecule has 4 nitrogen and oxygen atoms in total. The SMILES string of the molecule is CC(=O)N[C@H](Cc1ccc(C)cc1Cl)C(=O)O. The summed E-state index contributed by atoms with van der Waals surface area (Å²) in [7, 11) is 0. The van der Waals surface area contributed by atoms with Crippen molar-refractivity contribution in [1.29, 1.82) is 0 Å². The molecule has 0 aromatic heterocycles. The van der Waals surface area contributed by atoms with E-state index >= 15 is 0 Å². The summed E-state index contributed by atoms with van der Waals surface area (Å²) in [6.07, 6.45) is 0.175. The molecule has 0 aliphatic carbocycles. The molecule has 1 amide bonds. The molecule has 0 saturated heterocycles. The lowest BCUT2D eigenvalue weighted by Gasteiger charge is -2.14. The van der Waals surface area contributed by atoms with Gasteiger partial charge < -0.3 is 10.4 Å². The summed E-state index contributed by atoms with van der Waals surface area (Å²) in [6.45, 7) is 3.19. The summed E-state index contributed by atoms with van der Waals surface area (Å²) < 4.78 is 0. The first-order valence-electron chi connectivity index (χ1n) is 5.15. The number of halogens is 1. The molecule has 1 rings (SSSR count). The zero-order valence-electron chi connectivity index (χ0n) is 9.66. The number of carbonyl (C=O) groups excluding carboxylic acids is 1. The monoisotopic (exact) mass is 255 g/mol. The van der Waals surface area contributed by atoms with Crippen LogP contribution in [-0.4, -0.2) is 23.0 Å². The van der Waals surface area contributed by atoms with Gasteiger partial charge in [0, 0.05) is 18.4 Å². The third-order valence-corrected chi connectivity index (χ3v) is 2.66. The fourth-order valence-corrected chi connectivity index (χ4v) is 1.80. The second-order valence-corrected chi connectivity index (χ2v) is 4.30. The minimum atomic E-state index is -1.07. The van der Waals surface area contributed by atoms with Crippen LogP contribution in [0.5, 0.6) is 0 Å². The van der Waals surface area contributed by atoms with Crippen molar-refractivity contribution in [1.82, 2.24) is 5.32 Å². The largest absolute Gasteiger partial charge is 0.480 e. The van der Waals surface area contributed by atoms with Gasteiger partial charge in [-0.25, -0.2) is 4.79 Å². The molecule has 0 unspecified atom stereocenters. The number of aryl methyl sites for hydroxylation is 1. The molecule has 0 heterocycles. The van der Waals surface area contributed by atoms with Crippen molar-refractivity contribution in [3.63, 3.8) is 0 Å². The van der Waals surface area contributed by atoms with Gasteiger partial charge >= 0.3 is 5.97 Å². The van der Waals surface area contributed by atoms with E-state index in [2.05, 4.69) is 5.32 Å². The number of rotatable bonds is 4. The van der Waals surface area contributed by atoms with Gasteiger partial charge in [-0.05, 0) is 24.1 Å². The fraction of sp³-hybridized carbons (Fsp3) is 0.333. The first-order valence-corrected chi connectivity index (χ1v) is 5.53. The van der Waals surface area contributed by atoms with E-state index in [0.29, 0.717) is 10.6 Å². The molecule has 1 aromatic rings. The lowest BCUT2D eigenvalue weighted by Crippen LogP contribution is -2.41. The standard InChI is InChI=1S/C12H14ClNO3/c1-7-3-4-9(10(13)5-7)6-11(12(16)17)14-8(2)15/h3-5,11H,6H2,1-2H3,(H,14,15)(H,16,17)/t11-/m1/s1. The lowest BCUT2D eigenvalue weighted by atomic mass is 10.0. The molecule has 92 valence electrons. The molecule has 1 atom stereocenters. The maximum absolute atomic E-state index is 11.0. The average molecular weight is 256 g/mol. The van der Waals surface area contributed by atoms with Gasteiger partial charge in [0.15, 0.2) is 0 Å². The molecule has 0 spiro atoms. The number of hydrogen-bond donors (Lipinski definition) is 2. The van der Waals surface area contributed by atoms with Gasteiger partial charge in [-0.1, -0.05) is 23.7 Å². The summed E-state index contributed by atoms with van der Waals surface area (Å²) in [4.78, 5) is 21.8. The molecule has 0 radical (unpaired) electrons. The van der Waals surface area contributed by atoms with Crippen LogP contribution in [0.2, 0.25) is 5.02 Å². The summed E-state index contributed by atoms with van der Waals surface area (Å²) in [5.41, 5.74) is 1.71. The molecule has 0 fully saturated rings. The van der Waals surface area contributed by atoms with E-state index in [4.69, 9.17) is 16.7 Å². The number of carbonyl (C=O) groups is 2. The minimum Gasteiger partial charge on any atom is -0.480 e. The van der Waals surface area contributed by atoms with E-state index in [1.165, 1.54) is 6.92 Å². The number of benzene rings is 1. The maximum atomic E-state index is 11.0. The van der Waals surface area contributed by atoms with Crippen molar-refractivity contribution < 1.29 is 14.7 Å². The van der Waals surface area contributed by atoms with Crippen LogP contribution < -0.4 is 5.32 Å². The summed E-state index contributed by atoms with van der Waals surface area (Å²) in [5, 5.41) is 11.9. The molecule has 1 aromatic carbocycles. The van der Waals surface area contributed by atoms with Crippen LogP contribution in [0.25, 0.3) is 0 Å². The topological polar surface area (TPSA) is 66.4 Å². The van der Waals surface area contributed by atoms with Gasteiger partial charge in [-0.15, -0.1) is 0 Å². The Bertz CT molecular complexity index is 445. The van der Waals surface area contributed by atoms with Crippen LogP contribution in [0.4, 0.5) is 0 Å². The smallest absolute Gasteiger partial charge is 0.326 e. The Hall–Kier alpha value is -1.55. The van der Waals surface area contributed by atoms with Crippen molar-refractivity contribution in [2.45, 2.75) is 26.3 Å². The minimum absolute atomic E-state index is 0.175. The molecule has 0 saturated carbocycles. The predicted molar refractivity (Wildman–Crippen MR) is 65.1 cm³/mol. The zero-order chi connectivity index (χ0) is 13.0. The van der Waals surface area contributed by atoms with Gasteiger partial charge in [0.1, 0.15) is 6.04 Å². The molecule has 5 heteroatoms. The van der Waals surface area contributed by atoms with Crippen LogP contribution in [0.15, 0.2) is 18.2 Å². The lowest BCUT2D eigenvalue weighted by molar-refractivity contribution is -0.141. The number of aliphatic carboxylic acids is 1. The second-order valence-electron chi connectivity index (χ2n) is 3.89. The quantitative estimate of drug-likeness (QED) is 0.862. The number of nitrogens with one attached hydrogen (secondary N) is 1. The third-order valence-electron chi connectivity index (χ3n) is 2.31. The Morgan fingerprint density at radius 3 is 2.59 bits per heavy atom. The van der Waals surface area contributed by atoms with Crippen LogP contribution in [0.3, 0.4) is 0 Å². The van der Waals surface area contributed by atoms with Gasteiger partial charge in [0.25, 0.3) is 0 Å². The number of amides is 1. The summed E-state index contributed by atoms with van der Waals surface area (Å²) >= 11 is 6.01. The van der Waals surface area contributed by atoms with Gasteiger partial charge in [-0.3, -0.25) is 4.79 Å². The first kappa shape index (κ1) is 13.5. The maximum Gasteiger partial charge on any atom is 0.326 e. The van der Waals surface area contributed by atoms with Crippen LogP contribution in [-0.2, 0) is 16.0 Å². The van der Waals surface area contributed by atoms with Crippen molar-refractivity contribution in [3.8, 4) is 0 Å². The molecular weight excluding hydrogens is 242 g/mol. The van der Waals surface area contributed by atoms with Gasteiger partial charge in [0.2, 0.25) is 5.91 Å². The summed E-state index contributed by atoms with van der Waals surface area (Å²) in [5.74, 6) is -1.45. The highest BCUT2D eigenvalue weighted by Gasteiger charge is 2.19. The van der Waals surface area contributed by atoms with Crippen LogP contribution in [0, 0.1) is 6.92 Å². The molecule has 17 heavy (non-hydrogen) atoms. The van der Waals surface area contributed by atoms with E-state index in [1.54, 1.807) is 12.1 Å². The Morgan fingerprint density at radius 1 is 1.47 bits per heavy atom. The summed E-state index contributed by atoms with van der Waals surface area (Å²) in [6, 6.07) is 4.44. The number of carboxylic acid groups (broad SMARTS) is 1. The third kappa shape index (κ3) is 4.07. The Labute approximate surface area is 105 Å². The highest BCUT2D eigenvalue weighted by Crippen LogP contribution is 2.19. The normalized spacial score (nSPS) is 11.9. The van der Waals surface area contributed by atoms with E-state index in [0.717, 1.165) is 5.56 Å².